The minimum Gasteiger partial charge on any atom is -0.508 e. The molecular formula is C23H28N2O3S. The first-order valence-electron chi connectivity index (χ1n) is 10.6. The van der Waals surface area contributed by atoms with Gasteiger partial charge in [0.25, 0.3) is 0 Å². The highest BCUT2D eigenvalue weighted by Gasteiger charge is 2.60. The van der Waals surface area contributed by atoms with E-state index in [0.717, 1.165) is 30.6 Å². The third-order valence-corrected chi connectivity index (χ3v) is 8.62. The van der Waals surface area contributed by atoms with Crippen LogP contribution in [0, 0.1) is 30.1 Å². The number of rotatable bonds is 3. The normalized spacial score (nSPS) is 34.2. The van der Waals surface area contributed by atoms with Crippen LogP contribution < -0.4 is 5.32 Å². The fraction of sp³-hybridized carbons (Fsp3) is 0.565. The standard InChI is InChI=1S/C23H28N2O3S/c1-12-11-24-22(29-12)25-21(28)18-10-19(27)23(2)8-7-16-15-6-4-14(26)9-13(15)3-5-17(16)20(18)23/h4,6,9,11,16-18,20-21,26,28H,3,5,7-8,10H2,1-2H3,(H,24,25)/t16?,17?,18?,20?,21?,23-/m1/s1. The maximum absolute atomic E-state index is 13.1. The van der Waals surface area contributed by atoms with Crippen LogP contribution >= 0.6 is 11.3 Å². The maximum atomic E-state index is 13.1. The summed E-state index contributed by atoms with van der Waals surface area (Å²) in [5.74, 6) is 1.49. The number of carbonyl (C=O) groups excluding carboxylic acids is 1. The third kappa shape index (κ3) is 2.99. The molecule has 154 valence electrons. The Morgan fingerprint density at radius 3 is 2.93 bits per heavy atom. The molecule has 3 aliphatic rings. The molecule has 29 heavy (non-hydrogen) atoms. The van der Waals surface area contributed by atoms with Crippen LogP contribution in [0.1, 0.15) is 54.5 Å². The van der Waals surface area contributed by atoms with E-state index in [9.17, 15) is 15.0 Å². The fourth-order valence-electron chi connectivity index (χ4n) is 6.47. The van der Waals surface area contributed by atoms with E-state index in [1.54, 1.807) is 12.3 Å². The molecule has 0 radical (unpaired) electrons. The number of benzene rings is 1. The third-order valence-electron chi connectivity index (χ3n) is 7.78. The summed E-state index contributed by atoms with van der Waals surface area (Å²) < 4.78 is 0. The molecule has 0 amide bonds. The largest absolute Gasteiger partial charge is 0.508 e. The molecule has 6 atom stereocenters. The minimum absolute atomic E-state index is 0.0943. The molecular weight excluding hydrogens is 384 g/mol. The minimum atomic E-state index is -0.767. The van der Waals surface area contributed by atoms with Gasteiger partial charge in [-0.3, -0.25) is 4.79 Å². The number of Topliss-reactive ketones (excluding diaryl/α,β-unsaturated/α-hetero) is 1. The van der Waals surface area contributed by atoms with Crippen LogP contribution in [0.5, 0.6) is 5.75 Å². The van der Waals surface area contributed by atoms with Crippen LogP contribution in [0.4, 0.5) is 5.13 Å². The number of aromatic hydroxyl groups is 1. The number of fused-ring (bicyclic) bond motifs is 5. The zero-order valence-corrected chi connectivity index (χ0v) is 17.7. The van der Waals surface area contributed by atoms with Gasteiger partial charge in [0.15, 0.2) is 5.13 Å². The number of carbonyl (C=O) groups is 1. The molecule has 1 aromatic carbocycles. The van der Waals surface area contributed by atoms with Gasteiger partial charge in [-0.25, -0.2) is 4.98 Å². The topological polar surface area (TPSA) is 82.5 Å². The Kier molecular flexibility index (Phi) is 4.48. The van der Waals surface area contributed by atoms with Crippen LogP contribution in [0.25, 0.3) is 0 Å². The van der Waals surface area contributed by atoms with Crippen molar-refractivity contribution < 1.29 is 15.0 Å². The van der Waals surface area contributed by atoms with Crippen molar-refractivity contribution >= 4 is 22.3 Å². The molecule has 6 heteroatoms. The molecule has 0 spiro atoms. The zero-order valence-electron chi connectivity index (χ0n) is 16.9. The van der Waals surface area contributed by atoms with E-state index < -0.39 is 6.23 Å². The Balaban J connectivity index is 1.46. The number of phenolic OH excluding ortho intramolecular Hbond substituents is 1. The van der Waals surface area contributed by atoms with Crippen LogP contribution in [0.3, 0.4) is 0 Å². The van der Waals surface area contributed by atoms with Gasteiger partial charge in [-0.05, 0) is 73.6 Å². The van der Waals surface area contributed by atoms with E-state index in [-0.39, 0.29) is 17.3 Å². The van der Waals surface area contributed by atoms with Gasteiger partial charge in [-0.15, -0.1) is 11.3 Å². The Morgan fingerprint density at radius 1 is 1.34 bits per heavy atom. The van der Waals surface area contributed by atoms with Crippen molar-refractivity contribution in [2.24, 2.45) is 23.2 Å². The lowest BCUT2D eigenvalue weighted by Gasteiger charge is -2.50. The lowest BCUT2D eigenvalue weighted by atomic mass is 9.54. The van der Waals surface area contributed by atoms with Crippen molar-refractivity contribution in [3.05, 3.63) is 40.4 Å². The number of ketones is 1. The quantitative estimate of drug-likeness (QED) is 0.657. The molecule has 5 rings (SSSR count). The van der Waals surface area contributed by atoms with E-state index in [4.69, 9.17) is 0 Å². The van der Waals surface area contributed by atoms with Crippen molar-refractivity contribution in [3.63, 3.8) is 0 Å². The number of aryl methyl sites for hydroxylation is 2. The summed E-state index contributed by atoms with van der Waals surface area (Å²) in [5, 5.41) is 24.8. The molecule has 2 fully saturated rings. The molecule has 0 bridgehead atoms. The average molecular weight is 413 g/mol. The fourth-order valence-corrected chi connectivity index (χ4v) is 7.17. The Hall–Kier alpha value is -1.92. The second-order valence-electron chi connectivity index (χ2n) is 9.33. The molecule has 3 aliphatic carbocycles. The highest BCUT2D eigenvalue weighted by Crippen LogP contribution is 2.62. The number of nitrogens with one attached hydrogen (secondary N) is 1. The molecule has 2 aromatic rings. The molecule has 0 saturated heterocycles. The first-order valence-corrected chi connectivity index (χ1v) is 11.4. The van der Waals surface area contributed by atoms with Gasteiger partial charge in [0.05, 0.1) is 0 Å². The number of anilines is 1. The molecule has 0 aliphatic heterocycles. The van der Waals surface area contributed by atoms with Gasteiger partial charge in [-0.1, -0.05) is 13.0 Å². The predicted octanol–water partition coefficient (Wildman–Crippen LogP) is 4.24. The lowest BCUT2D eigenvalue weighted by molar-refractivity contribution is -0.129. The summed E-state index contributed by atoms with van der Waals surface area (Å²) in [7, 11) is 0. The first kappa shape index (κ1) is 19.1. The molecule has 3 N–H and O–H groups in total. The van der Waals surface area contributed by atoms with Crippen molar-refractivity contribution in [1.29, 1.82) is 0 Å². The maximum Gasteiger partial charge on any atom is 0.184 e. The number of hydrogen-bond donors (Lipinski definition) is 3. The number of aliphatic hydroxyl groups is 1. The van der Waals surface area contributed by atoms with Crippen molar-refractivity contribution in [2.75, 3.05) is 5.32 Å². The Labute approximate surface area is 175 Å². The summed E-state index contributed by atoms with van der Waals surface area (Å²) in [6, 6.07) is 5.76. The van der Waals surface area contributed by atoms with Gasteiger partial charge in [0.1, 0.15) is 17.8 Å². The molecule has 5 nitrogen and oxygen atoms in total. The van der Waals surface area contributed by atoms with Crippen molar-refractivity contribution in [2.45, 2.75) is 58.1 Å². The number of phenols is 1. The van der Waals surface area contributed by atoms with E-state index in [2.05, 4.69) is 23.3 Å². The van der Waals surface area contributed by atoms with Crippen LogP contribution in [0.2, 0.25) is 0 Å². The smallest absolute Gasteiger partial charge is 0.184 e. The summed E-state index contributed by atoms with van der Waals surface area (Å²) in [4.78, 5) is 18.5. The monoisotopic (exact) mass is 412 g/mol. The van der Waals surface area contributed by atoms with Crippen LogP contribution in [0.15, 0.2) is 24.4 Å². The Morgan fingerprint density at radius 2 is 2.17 bits per heavy atom. The van der Waals surface area contributed by atoms with E-state index >= 15 is 0 Å². The highest BCUT2D eigenvalue weighted by molar-refractivity contribution is 7.15. The van der Waals surface area contributed by atoms with E-state index in [1.807, 2.05) is 13.0 Å². The number of hydrogen-bond acceptors (Lipinski definition) is 6. The van der Waals surface area contributed by atoms with Gasteiger partial charge in [0, 0.05) is 28.8 Å². The van der Waals surface area contributed by atoms with Crippen LogP contribution in [-0.4, -0.2) is 27.2 Å². The van der Waals surface area contributed by atoms with Gasteiger partial charge < -0.3 is 15.5 Å². The van der Waals surface area contributed by atoms with Crippen molar-refractivity contribution in [1.82, 2.24) is 4.98 Å². The first-order chi connectivity index (χ1) is 13.9. The van der Waals surface area contributed by atoms with E-state index in [0.29, 0.717) is 34.9 Å². The molecule has 1 heterocycles. The van der Waals surface area contributed by atoms with Crippen LogP contribution in [-0.2, 0) is 11.2 Å². The summed E-state index contributed by atoms with van der Waals surface area (Å²) in [5.41, 5.74) is 2.23. The second kappa shape index (κ2) is 6.81. The lowest BCUT2D eigenvalue weighted by Crippen LogP contribution is -2.47. The zero-order chi connectivity index (χ0) is 20.3. The number of nitrogens with zero attached hydrogens (tertiary/aromatic N) is 1. The predicted molar refractivity (Wildman–Crippen MR) is 113 cm³/mol. The number of aromatic nitrogens is 1. The van der Waals surface area contributed by atoms with Crippen molar-refractivity contribution in [3.8, 4) is 5.75 Å². The average Bonchev–Trinajstić information content (AvgIpc) is 3.21. The summed E-state index contributed by atoms with van der Waals surface area (Å²) >= 11 is 1.53. The van der Waals surface area contributed by atoms with E-state index in [1.165, 1.54) is 22.5 Å². The highest BCUT2D eigenvalue weighted by atomic mass is 32.1. The molecule has 5 unspecified atom stereocenters. The SMILES string of the molecule is Cc1cnc(NC(O)C2CC(=O)[C@@]3(C)CCC4c5ccc(O)cc5CCC4C23)s1. The summed E-state index contributed by atoms with van der Waals surface area (Å²) in [6.07, 6.45) is 5.28. The number of thiazole rings is 1. The molecule has 1 aromatic heterocycles. The van der Waals surface area contributed by atoms with Gasteiger partial charge in [-0.2, -0.15) is 0 Å². The molecule has 2 saturated carbocycles. The number of aliphatic hydroxyl groups excluding tert-OH is 1. The second-order valence-corrected chi connectivity index (χ2v) is 10.6. The van der Waals surface area contributed by atoms with Gasteiger partial charge in [0.2, 0.25) is 0 Å². The van der Waals surface area contributed by atoms with Gasteiger partial charge >= 0.3 is 0 Å². The summed E-state index contributed by atoms with van der Waals surface area (Å²) in [6.45, 7) is 4.12. The Bertz CT molecular complexity index is 957.